The molecule has 0 radical (unpaired) electrons. The Morgan fingerprint density at radius 3 is 0.875 bits per heavy atom. The highest BCUT2D eigenvalue weighted by Gasteiger charge is 2.32. The lowest BCUT2D eigenvalue weighted by Gasteiger charge is -2.23. The third-order valence-corrected chi connectivity index (χ3v) is 7.67. The van der Waals surface area contributed by atoms with Gasteiger partial charge in [-0.2, -0.15) is 0 Å². The van der Waals surface area contributed by atoms with Crippen LogP contribution in [0.1, 0.15) is 38.8 Å². The Labute approximate surface area is 239 Å². The molecule has 2 aromatic rings. The number of hydrogen-bond acceptors (Lipinski definition) is 14. The number of carbonyl (C=O) groups is 4. The van der Waals surface area contributed by atoms with Crippen molar-refractivity contribution in [1.29, 1.82) is 0 Å². The van der Waals surface area contributed by atoms with Crippen LogP contribution in [0.5, 0.6) is 46.0 Å². The fraction of sp³-hybridized carbons (Fsp3) is 0.385. The van der Waals surface area contributed by atoms with Crippen molar-refractivity contribution in [3.05, 3.63) is 11.1 Å². The summed E-state index contributed by atoms with van der Waals surface area (Å²) in [5.41, 5.74) is 0.767. The van der Waals surface area contributed by atoms with Crippen molar-refractivity contribution < 1.29 is 57.1 Å². The van der Waals surface area contributed by atoms with E-state index in [1.807, 2.05) is 0 Å². The minimum Gasteiger partial charge on any atom is -0.490 e. The Morgan fingerprint density at radius 1 is 0.425 bits per heavy atom. The van der Waals surface area contributed by atoms with Gasteiger partial charge in [-0.3, -0.25) is 19.2 Å². The maximum atomic E-state index is 12.1. The number of hydrogen-bond donors (Lipinski definition) is 0. The van der Waals surface area contributed by atoms with E-state index in [0.717, 1.165) is 21.6 Å². The molecule has 0 saturated heterocycles. The minimum atomic E-state index is -0.646. The molecule has 0 amide bonds. The summed E-state index contributed by atoms with van der Waals surface area (Å²) in [7, 11) is 7.48. The van der Waals surface area contributed by atoms with Crippen LogP contribution in [0.3, 0.4) is 0 Å². The second kappa shape index (κ2) is 14.0. The summed E-state index contributed by atoms with van der Waals surface area (Å²) >= 11 is 0. The summed E-state index contributed by atoms with van der Waals surface area (Å²) in [6, 6.07) is 0. The molecule has 0 aromatic heterocycles. The van der Waals surface area contributed by atoms with E-state index in [1.54, 1.807) is 13.8 Å². The average Bonchev–Trinajstić information content (AvgIpc) is 2.86. The largest absolute Gasteiger partial charge is 0.490 e. The first-order valence-electron chi connectivity index (χ1n) is 11.5. The monoisotopic (exact) mass is 598 g/mol. The van der Waals surface area contributed by atoms with Crippen LogP contribution >= 0.6 is 21.6 Å². The van der Waals surface area contributed by atoms with E-state index in [2.05, 4.69) is 0 Å². The van der Waals surface area contributed by atoms with Gasteiger partial charge in [0.25, 0.3) is 0 Å². The van der Waals surface area contributed by atoms with Gasteiger partial charge in [-0.1, -0.05) is 0 Å². The van der Waals surface area contributed by atoms with Gasteiger partial charge < -0.3 is 37.9 Å². The van der Waals surface area contributed by atoms with E-state index >= 15 is 0 Å². The van der Waals surface area contributed by atoms with Crippen molar-refractivity contribution in [3.8, 4) is 46.0 Å². The smallest absolute Gasteiger partial charge is 0.308 e. The highest BCUT2D eigenvalue weighted by atomic mass is 33.1. The van der Waals surface area contributed by atoms with Crippen molar-refractivity contribution in [3.63, 3.8) is 0 Å². The number of rotatable bonds is 11. The van der Waals surface area contributed by atoms with Gasteiger partial charge in [0.1, 0.15) is 0 Å². The Morgan fingerprint density at radius 2 is 0.650 bits per heavy atom. The predicted octanol–water partition coefficient (Wildman–Crippen LogP) is 4.84. The fourth-order valence-electron chi connectivity index (χ4n) is 3.54. The molecule has 0 spiro atoms. The molecule has 0 aliphatic carbocycles. The maximum absolute atomic E-state index is 12.1. The molecule has 0 atom stereocenters. The zero-order chi connectivity index (χ0) is 30.3. The number of esters is 4. The van der Waals surface area contributed by atoms with Gasteiger partial charge in [0.15, 0.2) is 23.0 Å². The summed E-state index contributed by atoms with van der Waals surface area (Å²) in [5, 5.41) is 0. The fourth-order valence-corrected chi connectivity index (χ4v) is 6.26. The summed E-state index contributed by atoms with van der Waals surface area (Å²) < 4.78 is 43.7. The van der Waals surface area contributed by atoms with Gasteiger partial charge in [-0.15, -0.1) is 0 Å². The van der Waals surface area contributed by atoms with E-state index in [-0.39, 0.29) is 46.0 Å². The van der Waals surface area contributed by atoms with Gasteiger partial charge in [0.05, 0.1) is 38.2 Å². The van der Waals surface area contributed by atoms with Crippen molar-refractivity contribution in [1.82, 2.24) is 0 Å². The van der Waals surface area contributed by atoms with E-state index in [1.165, 1.54) is 56.1 Å². The van der Waals surface area contributed by atoms with Gasteiger partial charge in [-0.05, 0) is 35.4 Å². The lowest BCUT2D eigenvalue weighted by molar-refractivity contribution is -0.133. The Kier molecular flexibility index (Phi) is 11.4. The molecule has 218 valence electrons. The van der Waals surface area contributed by atoms with Crippen LogP contribution in [-0.4, -0.2) is 52.3 Å². The molecular weight excluding hydrogens is 568 g/mol. The predicted molar refractivity (Wildman–Crippen MR) is 146 cm³/mol. The molecule has 12 nitrogen and oxygen atoms in total. The lowest BCUT2D eigenvalue weighted by Crippen LogP contribution is -2.10. The van der Waals surface area contributed by atoms with Gasteiger partial charge in [0, 0.05) is 38.8 Å². The molecule has 0 N–H and O–H groups in total. The zero-order valence-corrected chi connectivity index (χ0v) is 25.3. The van der Waals surface area contributed by atoms with Crippen LogP contribution in [0.2, 0.25) is 0 Å². The quantitative estimate of drug-likeness (QED) is 0.198. The SMILES string of the molecule is COc1c(OC(C)=O)c(C)c(SSc2c(C)c(OC(C)=O)c(OC)c(OC)c2OC(C)=O)c(OC(C)=O)c1OC. The average molecular weight is 599 g/mol. The maximum Gasteiger partial charge on any atom is 0.308 e. The Balaban J connectivity index is 2.89. The van der Waals surface area contributed by atoms with Crippen LogP contribution in [-0.2, 0) is 19.2 Å². The molecule has 0 bridgehead atoms. The van der Waals surface area contributed by atoms with E-state index in [4.69, 9.17) is 37.9 Å². The summed E-state index contributed by atoms with van der Waals surface area (Å²) in [6.07, 6.45) is 0. The topological polar surface area (TPSA) is 142 Å². The number of ether oxygens (including phenoxy) is 8. The van der Waals surface area contributed by atoms with Crippen molar-refractivity contribution in [2.45, 2.75) is 51.3 Å². The first kappa shape index (κ1) is 32.4. The zero-order valence-electron chi connectivity index (χ0n) is 23.7. The molecule has 2 rings (SSSR count). The van der Waals surface area contributed by atoms with Crippen molar-refractivity contribution in [2.75, 3.05) is 28.4 Å². The van der Waals surface area contributed by atoms with Gasteiger partial charge >= 0.3 is 23.9 Å². The lowest BCUT2D eigenvalue weighted by atomic mass is 10.1. The van der Waals surface area contributed by atoms with Crippen LogP contribution in [0.4, 0.5) is 0 Å². The first-order valence-corrected chi connectivity index (χ1v) is 13.6. The summed E-state index contributed by atoms with van der Waals surface area (Å²) in [6.45, 7) is 8.14. The Bertz CT molecular complexity index is 1230. The first-order chi connectivity index (χ1) is 18.8. The standard InChI is InChI=1S/C26H30O12S2/c1-11-17(35-13(3)27)19(31-7)21(33-9)23(37-15(5)29)25(11)39-40-26-12(2)18(36-14(4)28)20(32-8)22(34-10)24(26)38-16(6)30/h1-10H3. The summed E-state index contributed by atoms with van der Waals surface area (Å²) in [5.74, 6) is -2.32. The van der Waals surface area contributed by atoms with Crippen molar-refractivity contribution in [2.24, 2.45) is 0 Å². The molecule has 0 aliphatic rings. The van der Waals surface area contributed by atoms with E-state index in [9.17, 15) is 19.2 Å². The third-order valence-electron chi connectivity index (χ3n) is 5.02. The molecule has 2 aromatic carbocycles. The molecule has 0 aliphatic heterocycles. The molecule has 0 unspecified atom stereocenters. The molecular formula is C26H30O12S2. The molecule has 0 saturated carbocycles. The second-order valence-electron chi connectivity index (χ2n) is 7.90. The minimum absolute atomic E-state index is 0.00475. The number of methoxy groups -OCH3 is 4. The van der Waals surface area contributed by atoms with Crippen LogP contribution in [0.25, 0.3) is 0 Å². The number of benzene rings is 2. The van der Waals surface area contributed by atoms with E-state index < -0.39 is 23.9 Å². The second-order valence-corrected chi connectivity index (χ2v) is 10.0. The van der Waals surface area contributed by atoms with E-state index in [0.29, 0.717) is 20.9 Å². The van der Waals surface area contributed by atoms with Gasteiger partial charge in [0.2, 0.25) is 23.0 Å². The van der Waals surface area contributed by atoms with Crippen LogP contribution in [0, 0.1) is 13.8 Å². The van der Waals surface area contributed by atoms with Crippen molar-refractivity contribution >= 4 is 45.5 Å². The summed E-state index contributed by atoms with van der Waals surface area (Å²) in [4.78, 5) is 48.6. The normalized spacial score (nSPS) is 10.3. The molecule has 0 heterocycles. The number of carbonyl (C=O) groups excluding carboxylic acids is 4. The Hall–Kier alpha value is -3.78. The van der Waals surface area contributed by atoms with Gasteiger partial charge in [-0.25, -0.2) is 0 Å². The van der Waals surface area contributed by atoms with Crippen LogP contribution < -0.4 is 37.9 Å². The molecule has 0 fully saturated rings. The third kappa shape index (κ3) is 7.04. The highest BCUT2D eigenvalue weighted by Crippen LogP contribution is 2.60. The molecule has 14 heteroatoms. The van der Waals surface area contributed by atoms with Crippen LogP contribution in [0.15, 0.2) is 9.79 Å². The highest BCUT2D eigenvalue weighted by molar-refractivity contribution is 8.76. The molecule has 40 heavy (non-hydrogen) atoms.